The third-order valence-electron chi connectivity index (χ3n) is 8.47. The molecule has 3 heterocycles. The molecular formula is C37H27N3. The van der Waals surface area contributed by atoms with Gasteiger partial charge in [0.05, 0.1) is 16.9 Å². The van der Waals surface area contributed by atoms with Crippen LogP contribution in [-0.2, 0) is 5.41 Å². The summed E-state index contributed by atoms with van der Waals surface area (Å²) >= 11 is 0. The molecule has 0 radical (unpaired) electrons. The number of fused-ring (bicyclic) bond motifs is 6. The Labute approximate surface area is 233 Å². The van der Waals surface area contributed by atoms with Crippen LogP contribution in [-0.4, -0.2) is 14.6 Å². The van der Waals surface area contributed by atoms with Crippen molar-refractivity contribution in [3.05, 3.63) is 139 Å². The summed E-state index contributed by atoms with van der Waals surface area (Å²) in [4.78, 5) is 4.72. The lowest BCUT2D eigenvalue weighted by molar-refractivity contribution is 0.660. The minimum atomic E-state index is -0.0843. The molecule has 7 aromatic rings. The molecule has 1 aliphatic rings. The summed E-state index contributed by atoms with van der Waals surface area (Å²) < 4.78 is 2.11. The van der Waals surface area contributed by atoms with Crippen molar-refractivity contribution in [2.24, 2.45) is 0 Å². The molecule has 0 aliphatic heterocycles. The molecule has 0 amide bonds. The molecule has 0 unspecified atom stereocenters. The van der Waals surface area contributed by atoms with E-state index in [1.54, 1.807) is 0 Å². The molecule has 0 bridgehead atoms. The van der Waals surface area contributed by atoms with Gasteiger partial charge in [-0.3, -0.25) is 4.98 Å². The lowest BCUT2D eigenvalue weighted by atomic mass is 9.81. The largest absolute Gasteiger partial charge is 0.255 e. The summed E-state index contributed by atoms with van der Waals surface area (Å²) in [7, 11) is 0. The van der Waals surface area contributed by atoms with E-state index in [0.29, 0.717) is 0 Å². The van der Waals surface area contributed by atoms with Crippen LogP contribution < -0.4 is 0 Å². The highest BCUT2D eigenvalue weighted by Crippen LogP contribution is 2.50. The van der Waals surface area contributed by atoms with Gasteiger partial charge >= 0.3 is 0 Å². The van der Waals surface area contributed by atoms with Gasteiger partial charge in [0.25, 0.3) is 0 Å². The summed E-state index contributed by atoms with van der Waals surface area (Å²) in [5.41, 5.74) is 12.7. The Hall–Kier alpha value is -5.02. The van der Waals surface area contributed by atoms with Crippen molar-refractivity contribution in [1.29, 1.82) is 0 Å². The first-order valence-corrected chi connectivity index (χ1v) is 13.8. The molecule has 8 rings (SSSR count). The highest BCUT2D eigenvalue weighted by molar-refractivity contribution is 6.08. The molecule has 0 atom stereocenters. The first-order valence-electron chi connectivity index (χ1n) is 13.8. The van der Waals surface area contributed by atoms with Crippen LogP contribution in [0, 0.1) is 0 Å². The Morgan fingerprint density at radius 3 is 2.23 bits per heavy atom. The predicted octanol–water partition coefficient (Wildman–Crippen LogP) is 9.19. The molecule has 40 heavy (non-hydrogen) atoms. The molecule has 0 N–H and O–H groups in total. The zero-order valence-electron chi connectivity index (χ0n) is 22.5. The smallest absolute Gasteiger partial charge is 0.101 e. The highest BCUT2D eigenvalue weighted by atomic mass is 15.2. The van der Waals surface area contributed by atoms with Gasteiger partial charge in [-0.15, -0.1) is 0 Å². The van der Waals surface area contributed by atoms with E-state index in [2.05, 4.69) is 128 Å². The van der Waals surface area contributed by atoms with Crippen molar-refractivity contribution >= 4 is 16.3 Å². The normalized spacial score (nSPS) is 13.4. The second-order valence-electron chi connectivity index (χ2n) is 11.1. The number of rotatable bonds is 3. The van der Waals surface area contributed by atoms with E-state index >= 15 is 0 Å². The lowest BCUT2D eigenvalue weighted by Crippen LogP contribution is -2.14. The Kier molecular flexibility index (Phi) is 4.86. The van der Waals surface area contributed by atoms with Crippen molar-refractivity contribution in [3.63, 3.8) is 0 Å². The molecule has 3 aromatic heterocycles. The van der Waals surface area contributed by atoms with Crippen LogP contribution in [0.2, 0.25) is 0 Å². The van der Waals surface area contributed by atoms with Gasteiger partial charge in [0, 0.05) is 28.1 Å². The molecule has 3 nitrogen and oxygen atoms in total. The molecular weight excluding hydrogens is 486 g/mol. The average Bonchev–Trinajstić information content (AvgIpc) is 3.52. The fourth-order valence-electron chi connectivity index (χ4n) is 6.52. The lowest BCUT2D eigenvalue weighted by Gasteiger charge is -2.22. The number of hydrogen-bond donors (Lipinski definition) is 0. The molecule has 0 saturated heterocycles. The maximum Gasteiger partial charge on any atom is 0.101 e. The van der Waals surface area contributed by atoms with Gasteiger partial charge in [-0.25, -0.2) is 4.52 Å². The van der Waals surface area contributed by atoms with Crippen molar-refractivity contribution in [2.75, 3.05) is 0 Å². The topological polar surface area (TPSA) is 30.2 Å². The Morgan fingerprint density at radius 1 is 0.625 bits per heavy atom. The molecule has 1 aliphatic carbocycles. The fourth-order valence-corrected chi connectivity index (χ4v) is 6.52. The Morgan fingerprint density at radius 2 is 1.38 bits per heavy atom. The van der Waals surface area contributed by atoms with Crippen LogP contribution in [0.3, 0.4) is 0 Å². The van der Waals surface area contributed by atoms with Crippen molar-refractivity contribution in [2.45, 2.75) is 19.3 Å². The number of pyridine rings is 2. The highest BCUT2D eigenvalue weighted by Gasteiger charge is 2.35. The van der Waals surface area contributed by atoms with E-state index in [1.807, 2.05) is 18.3 Å². The van der Waals surface area contributed by atoms with Crippen molar-refractivity contribution in [3.8, 4) is 44.9 Å². The summed E-state index contributed by atoms with van der Waals surface area (Å²) in [6, 6.07) is 43.2. The van der Waals surface area contributed by atoms with E-state index in [9.17, 15) is 0 Å². The quantitative estimate of drug-likeness (QED) is 0.236. The first-order chi connectivity index (χ1) is 19.6. The van der Waals surface area contributed by atoms with Crippen LogP contribution in [0.1, 0.15) is 25.0 Å². The minimum Gasteiger partial charge on any atom is -0.255 e. The van der Waals surface area contributed by atoms with Crippen LogP contribution >= 0.6 is 0 Å². The monoisotopic (exact) mass is 513 g/mol. The minimum absolute atomic E-state index is 0.0843. The van der Waals surface area contributed by atoms with Gasteiger partial charge in [0.1, 0.15) is 5.69 Å². The standard InChI is InChI=1S/C37H27N3/c1-37(2)30-17-9-8-16-28(30)29-20-19-26(22-31(29)37)34-35(24-12-4-3-5-13-24)39-40-33(32-18-10-11-21-38-32)23-25-14-6-7-15-27(25)36(34)40/h3-23H,1-2H3. The van der Waals surface area contributed by atoms with E-state index in [-0.39, 0.29) is 5.41 Å². The van der Waals surface area contributed by atoms with E-state index in [1.165, 1.54) is 38.6 Å². The van der Waals surface area contributed by atoms with Gasteiger partial charge in [0.15, 0.2) is 0 Å². The molecule has 0 fully saturated rings. The summed E-state index contributed by atoms with van der Waals surface area (Å²) in [5.74, 6) is 0. The van der Waals surface area contributed by atoms with Crippen LogP contribution in [0.5, 0.6) is 0 Å². The number of nitrogens with zero attached hydrogens (tertiary/aromatic N) is 3. The molecule has 190 valence electrons. The summed E-state index contributed by atoms with van der Waals surface area (Å²) in [5, 5.41) is 7.68. The zero-order valence-corrected chi connectivity index (χ0v) is 22.5. The molecule has 3 heteroatoms. The molecule has 4 aromatic carbocycles. The summed E-state index contributed by atoms with van der Waals surface area (Å²) in [6.45, 7) is 4.68. The number of benzene rings is 4. The third kappa shape index (κ3) is 3.24. The predicted molar refractivity (Wildman–Crippen MR) is 164 cm³/mol. The van der Waals surface area contributed by atoms with Gasteiger partial charge in [-0.2, -0.15) is 5.10 Å². The van der Waals surface area contributed by atoms with E-state index < -0.39 is 0 Å². The van der Waals surface area contributed by atoms with Crippen LogP contribution in [0.25, 0.3) is 61.2 Å². The summed E-state index contributed by atoms with van der Waals surface area (Å²) in [6.07, 6.45) is 1.85. The second-order valence-corrected chi connectivity index (χ2v) is 11.1. The average molecular weight is 514 g/mol. The van der Waals surface area contributed by atoms with Crippen molar-refractivity contribution in [1.82, 2.24) is 14.6 Å². The SMILES string of the molecule is CC1(C)c2ccccc2-c2ccc(-c3c(-c4ccccc4)nn4c(-c5ccccn5)cc5ccccc5c34)cc21. The van der Waals surface area contributed by atoms with E-state index in [4.69, 9.17) is 10.1 Å². The maximum atomic E-state index is 5.33. The Bertz CT molecular complexity index is 2070. The number of hydrogen-bond acceptors (Lipinski definition) is 2. The van der Waals surface area contributed by atoms with Gasteiger partial charge in [-0.05, 0) is 57.5 Å². The van der Waals surface area contributed by atoms with Gasteiger partial charge < -0.3 is 0 Å². The maximum absolute atomic E-state index is 5.33. The second kappa shape index (κ2) is 8.49. The van der Waals surface area contributed by atoms with Gasteiger partial charge in [0.2, 0.25) is 0 Å². The van der Waals surface area contributed by atoms with Gasteiger partial charge in [-0.1, -0.05) is 111 Å². The molecule has 0 saturated carbocycles. The fraction of sp³-hybridized carbons (Fsp3) is 0.0811. The first kappa shape index (κ1) is 22.9. The number of aromatic nitrogens is 3. The van der Waals surface area contributed by atoms with Crippen LogP contribution in [0.4, 0.5) is 0 Å². The zero-order chi connectivity index (χ0) is 26.8. The van der Waals surface area contributed by atoms with Crippen LogP contribution in [0.15, 0.2) is 128 Å². The Balaban J connectivity index is 1.50. The third-order valence-corrected chi connectivity index (χ3v) is 8.47. The van der Waals surface area contributed by atoms with E-state index in [0.717, 1.165) is 33.7 Å². The van der Waals surface area contributed by atoms with Crippen molar-refractivity contribution < 1.29 is 0 Å². The molecule has 0 spiro atoms.